The lowest BCUT2D eigenvalue weighted by Gasteiger charge is -2.37. The second kappa shape index (κ2) is 11.9. The van der Waals surface area contributed by atoms with E-state index in [1.54, 1.807) is 0 Å². The minimum absolute atomic E-state index is 0.675. The van der Waals surface area contributed by atoms with Crippen molar-refractivity contribution in [3.8, 4) is 5.75 Å². The van der Waals surface area contributed by atoms with Gasteiger partial charge in [0, 0.05) is 37.6 Å². The van der Waals surface area contributed by atoms with Crippen LogP contribution in [0.4, 0.5) is 11.4 Å². The van der Waals surface area contributed by atoms with Crippen molar-refractivity contribution in [1.82, 2.24) is 0 Å². The smallest absolute Gasteiger partial charge is 0.119 e. The Morgan fingerprint density at radius 3 is 1.83 bits per heavy atom. The van der Waals surface area contributed by atoms with Crippen molar-refractivity contribution in [3.05, 3.63) is 54.1 Å². The molecule has 0 aromatic heterocycles. The lowest BCUT2D eigenvalue weighted by atomic mass is 10.0. The van der Waals surface area contributed by atoms with Crippen LogP contribution in [0.5, 0.6) is 5.75 Å². The second-order valence-electron chi connectivity index (χ2n) is 8.61. The summed E-state index contributed by atoms with van der Waals surface area (Å²) in [5.41, 5.74) is 4.10. The first-order chi connectivity index (χ1) is 14.7. The predicted octanol–water partition coefficient (Wildman–Crippen LogP) is 6.56. The van der Waals surface area contributed by atoms with Gasteiger partial charge in [0.2, 0.25) is 0 Å². The average molecular weight is 409 g/mol. The van der Waals surface area contributed by atoms with Crippen LogP contribution in [0.15, 0.2) is 48.5 Å². The van der Waals surface area contributed by atoms with E-state index in [1.807, 2.05) is 0 Å². The molecule has 0 bridgehead atoms. The molecule has 1 aliphatic rings. The van der Waals surface area contributed by atoms with Crippen LogP contribution in [0.25, 0.3) is 0 Å². The van der Waals surface area contributed by atoms with Gasteiger partial charge in [-0.25, -0.2) is 0 Å². The van der Waals surface area contributed by atoms with Crippen LogP contribution in [0, 0.1) is 5.92 Å². The van der Waals surface area contributed by atoms with Crippen LogP contribution in [-0.2, 0) is 6.42 Å². The third kappa shape index (κ3) is 6.42. The Morgan fingerprint density at radius 1 is 0.767 bits per heavy atom. The molecular weight excluding hydrogens is 368 g/mol. The van der Waals surface area contributed by atoms with Crippen LogP contribution in [-0.4, -0.2) is 32.8 Å². The van der Waals surface area contributed by atoms with Crippen molar-refractivity contribution >= 4 is 11.4 Å². The number of nitrogens with zero attached hydrogens (tertiary/aromatic N) is 2. The highest BCUT2D eigenvalue weighted by molar-refractivity contribution is 5.53. The maximum Gasteiger partial charge on any atom is 0.119 e. The fourth-order valence-corrected chi connectivity index (χ4v) is 4.25. The number of hydrogen-bond donors (Lipinski definition) is 0. The molecule has 1 aliphatic heterocycles. The number of rotatable bonds is 11. The Kier molecular flexibility index (Phi) is 8.92. The van der Waals surface area contributed by atoms with Gasteiger partial charge in [0.05, 0.1) is 6.61 Å². The number of hydrogen-bond acceptors (Lipinski definition) is 3. The molecule has 2 aromatic rings. The van der Waals surface area contributed by atoms with Crippen molar-refractivity contribution in [2.45, 2.75) is 59.3 Å². The van der Waals surface area contributed by atoms with Crippen molar-refractivity contribution < 1.29 is 4.74 Å². The van der Waals surface area contributed by atoms with Gasteiger partial charge < -0.3 is 14.5 Å². The van der Waals surface area contributed by atoms with E-state index in [0.717, 1.165) is 38.5 Å². The molecule has 0 saturated carbocycles. The molecule has 30 heavy (non-hydrogen) atoms. The van der Waals surface area contributed by atoms with E-state index in [0.29, 0.717) is 5.92 Å². The molecule has 1 fully saturated rings. The first-order valence-electron chi connectivity index (χ1n) is 12.0. The molecule has 0 aliphatic carbocycles. The first-order valence-corrected chi connectivity index (χ1v) is 12.0. The molecule has 2 aromatic carbocycles. The summed E-state index contributed by atoms with van der Waals surface area (Å²) in [6.45, 7) is 11.9. The van der Waals surface area contributed by atoms with E-state index in [-0.39, 0.29) is 0 Å². The summed E-state index contributed by atoms with van der Waals surface area (Å²) in [6, 6.07) is 17.9. The van der Waals surface area contributed by atoms with Gasteiger partial charge in [-0.15, -0.1) is 0 Å². The Labute approximate surface area is 184 Å². The standard InChI is InChI=1S/C27H40N2O/c1-4-7-9-23(6-3)22-30-27-16-14-26(15-17-27)29-20-18-28(19-21-29)25-12-10-24(8-5-2)11-13-25/h10-17,23H,4-9,18-22H2,1-3H3. The topological polar surface area (TPSA) is 15.7 Å². The van der Waals surface area contributed by atoms with E-state index < -0.39 is 0 Å². The molecule has 1 saturated heterocycles. The second-order valence-corrected chi connectivity index (χ2v) is 8.61. The van der Waals surface area contributed by atoms with Gasteiger partial charge in [-0.3, -0.25) is 0 Å². The fourth-order valence-electron chi connectivity index (χ4n) is 4.25. The summed E-state index contributed by atoms with van der Waals surface area (Å²) in [4.78, 5) is 4.99. The molecule has 0 spiro atoms. The van der Waals surface area contributed by atoms with Gasteiger partial charge >= 0.3 is 0 Å². The minimum Gasteiger partial charge on any atom is -0.493 e. The molecule has 3 nitrogen and oxygen atoms in total. The van der Waals surface area contributed by atoms with E-state index in [4.69, 9.17) is 4.74 Å². The van der Waals surface area contributed by atoms with Crippen LogP contribution < -0.4 is 14.5 Å². The molecule has 1 unspecified atom stereocenters. The Hall–Kier alpha value is -2.16. The molecular formula is C27H40N2O. The van der Waals surface area contributed by atoms with Crippen LogP contribution in [0.2, 0.25) is 0 Å². The number of unbranched alkanes of at least 4 members (excludes halogenated alkanes) is 1. The van der Waals surface area contributed by atoms with Crippen LogP contribution >= 0.6 is 0 Å². The van der Waals surface area contributed by atoms with E-state index in [2.05, 4.69) is 79.1 Å². The fraction of sp³-hybridized carbons (Fsp3) is 0.556. The number of ether oxygens (including phenoxy) is 1. The zero-order valence-corrected chi connectivity index (χ0v) is 19.3. The summed E-state index contributed by atoms with van der Waals surface area (Å²) < 4.78 is 6.07. The van der Waals surface area contributed by atoms with Crippen molar-refractivity contribution in [3.63, 3.8) is 0 Å². The maximum atomic E-state index is 6.07. The largest absolute Gasteiger partial charge is 0.493 e. The van der Waals surface area contributed by atoms with Gasteiger partial charge in [-0.1, -0.05) is 58.6 Å². The molecule has 0 amide bonds. The lowest BCUT2D eigenvalue weighted by Crippen LogP contribution is -2.46. The van der Waals surface area contributed by atoms with Crippen LogP contribution in [0.1, 0.15) is 58.4 Å². The summed E-state index contributed by atoms with van der Waals surface area (Å²) in [7, 11) is 0. The number of aryl methyl sites for hydroxylation is 1. The third-order valence-corrected chi connectivity index (χ3v) is 6.35. The number of piperazine rings is 1. The highest BCUT2D eigenvalue weighted by Gasteiger charge is 2.17. The van der Waals surface area contributed by atoms with E-state index in [1.165, 1.54) is 55.5 Å². The average Bonchev–Trinajstić information content (AvgIpc) is 2.80. The van der Waals surface area contributed by atoms with E-state index in [9.17, 15) is 0 Å². The summed E-state index contributed by atoms with van der Waals surface area (Å²) in [5, 5.41) is 0. The summed E-state index contributed by atoms with van der Waals surface area (Å²) in [5.74, 6) is 1.67. The molecule has 3 heteroatoms. The Balaban J connectivity index is 1.47. The first kappa shape index (κ1) is 22.5. The van der Waals surface area contributed by atoms with E-state index >= 15 is 0 Å². The zero-order valence-electron chi connectivity index (χ0n) is 19.3. The molecule has 0 radical (unpaired) electrons. The van der Waals surface area contributed by atoms with Crippen LogP contribution in [0.3, 0.4) is 0 Å². The third-order valence-electron chi connectivity index (χ3n) is 6.35. The van der Waals surface area contributed by atoms with Gasteiger partial charge in [0.25, 0.3) is 0 Å². The number of anilines is 2. The summed E-state index contributed by atoms with van der Waals surface area (Å²) >= 11 is 0. The Bertz CT molecular complexity index is 718. The van der Waals surface area contributed by atoms with Crippen molar-refractivity contribution in [2.75, 3.05) is 42.6 Å². The summed E-state index contributed by atoms with van der Waals surface area (Å²) in [6.07, 6.45) is 7.42. The van der Waals surface area contributed by atoms with Gasteiger partial charge in [0.1, 0.15) is 5.75 Å². The normalized spacial score (nSPS) is 15.3. The molecule has 164 valence electrons. The molecule has 1 atom stereocenters. The highest BCUT2D eigenvalue weighted by Crippen LogP contribution is 2.24. The minimum atomic E-state index is 0.675. The number of benzene rings is 2. The maximum absolute atomic E-state index is 6.07. The Morgan fingerprint density at radius 2 is 1.33 bits per heavy atom. The predicted molar refractivity (Wildman–Crippen MR) is 130 cm³/mol. The quantitative estimate of drug-likeness (QED) is 0.419. The van der Waals surface area contributed by atoms with Crippen molar-refractivity contribution in [2.24, 2.45) is 5.92 Å². The van der Waals surface area contributed by atoms with Gasteiger partial charge in [-0.05, 0) is 60.7 Å². The van der Waals surface area contributed by atoms with Gasteiger partial charge in [-0.2, -0.15) is 0 Å². The SMILES string of the molecule is CCCCC(CC)COc1ccc(N2CCN(c3ccc(CCC)cc3)CC2)cc1. The zero-order chi connectivity index (χ0) is 21.2. The molecule has 3 rings (SSSR count). The monoisotopic (exact) mass is 408 g/mol. The lowest BCUT2D eigenvalue weighted by molar-refractivity contribution is 0.233. The van der Waals surface area contributed by atoms with Gasteiger partial charge in [0.15, 0.2) is 0 Å². The molecule has 0 N–H and O–H groups in total. The molecule has 1 heterocycles. The highest BCUT2D eigenvalue weighted by atomic mass is 16.5. The van der Waals surface area contributed by atoms with Crippen molar-refractivity contribution in [1.29, 1.82) is 0 Å².